The maximum Gasteiger partial charge on any atom is 0.191 e. The van der Waals surface area contributed by atoms with Crippen LogP contribution in [0.1, 0.15) is 11.6 Å². The quantitative estimate of drug-likeness (QED) is 0.927. The van der Waals surface area contributed by atoms with Crippen molar-refractivity contribution in [3.8, 4) is 0 Å². The molecule has 2 rings (SSSR count). The summed E-state index contributed by atoms with van der Waals surface area (Å²) in [6.07, 6.45) is 0. The molecule has 1 aromatic rings. The summed E-state index contributed by atoms with van der Waals surface area (Å²) in [5, 5.41) is 1.30. The average molecular weight is 301 g/mol. The van der Waals surface area contributed by atoms with Crippen LogP contribution >= 0.6 is 23.2 Å². The minimum absolute atomic E-state index is 0.102. The maximum absolute atomic E-state index is 6.27. The lowest BCUT2D eigenvalue weighted by molar-refractivity contribution is 0.293. The number of likely N-dealkylation sites (N-methyl/N-ethyl adjacent to an activating group) is 1. The van der Waals surface area contributed by atoms with Gasteiger partial charge in [-0.3, -0.25) is 4.99 Å². The molecule has 104 valence electrons. The fraction of sp³-hybridized carbons (Fsp3) is 0.462. The minimum atomic E-state index is 0.102. The van der Waals surface area contributed by atoms with Crippen LogP contribution in [0.25, 0.3) is 0 Å². The number of nitrogens with two attached hydrogens (primary N) is 1. The van der Waals surface area contributed by atoms with Crippen LogP contribution in [0.2, 0.25) is 10.0 Å². The normalized spacial score (nSPS) is 19.1. The molecule has 0 amide bonds. The average Bonchev–Trinajstić information content (AvgIpc) is 2.68. The minimum Gasteiger partial charge on any atom is -0.370 e. The van der Waals surface area contributed by atoms with Crippen LogP contribution in [0.5, 0.6) is 0 Å². The first-order valence-corrected chi connectivity index (χ1v) is 6.91. The highest BCUT2D eigenvalue weighted by Crippen LogP contribution is 2.32. The summed E-state index contributed by atoms with van der Waals surface area (Å²) in [5.41, 5.74) is 6.98. The molecule has 0 saturated heterocycles. The van der Waals surface area contributed by atoms with E-state index in [9.17, 15) is 0 Å². The van der Waals surface area contributed by atoms with E-state index < -0.39 is 0 Å². The molecule has 0 aliphatic carbocycles. The molecule has 2 N–H and O–H groups in total. The van der Waals surface area contributed by atoms with Crippen LogP contribution in [0.4, 0.5) is 0 Å². The van der Waals surface area contributed by atoms with Crippen molar-refractivity contribution in [2.24, 2.45) is 10.7 Å². The van der Waals surface area contributed by atoms with Crippen molar-refractivity contribution in [2.45, 2.75) is 6.04 Å². The van der Waals surface area contributed by atoms with Gasteiger partial charge < -0.3 is 15.5 Å². The van der Waals surface area contributed by atoms with Gasteiger partial charge in [-0.2, -0.15) is 0 Å². The third-order valence-electron chi connectivity index (χ3n) is 3.21. The summed E-state index contributed by atoms with van der Waals surface area (Å²) in [5.74, 6) is 0.581. The topological polar surface area (TPSA) is 44.9 Å². The number of rotatable bonds is 4. The standard InChI is InChI=1S/C13H18Cl2N4/c1-18(2)5-6-19-12(8-17-13(19)16)10-4-3-9(14)7-11(10)15/h3-4,7,12H,5-6,8H2,1-2H3,(H2,16,17). The second kappa shape index (κ2) is 5.99. The Hall–Kier alpha value is -0.970. The van der Waals surface area contributed by atoms with Gasteiger partial charge in [0.05, 0.1) is 12.6 Å². The Morgan fingerprint density at radius 2 is 2.16 bits per heavy atom. The van der Waals surface area contributed by atoms with E-state index in [4.69, 9.17) is 28.9 Å². The van der Waals surface area contributed by atoms with Gasteiger partial charge in [0.1, 0.15) is 0 Å². The summed E-state index contributed by atoms with van der Waals surface area (Å²) >= 11 is 12.2. The number of benzene rings is 1. The summed E-state index contributed by atoms with van der Waals surface area (Å²) < 4.78 is 0. The second-order valence-electron chi connectivity index (χ2n) is 4.88. The van der Waals surface area contributed by atoms with E-state index in [1.54, 1.807) is 6.07 Å². The summed E-state index contributed by atoms with van der Waals surface area (Å²) in [7, 11) is 4.07. The van der Waals surface area contributed by atoms with E-state index in [1.807, 2.05) is 26.2 Å². The molecule has 19 heavy (non-hydrogen) atoms. The van der Waals surface area contributed by atoms with Crippen LogP contribution in [-0.2, 0) is 0 Å². The Morgan fingerprint density at radius 3 is 2.79 bits per heavy atom. The Bertz CT molecular complexity index is 488. The van der Waals surface area contributed by atoms with Gasteiger partial charge in [-0.05, 0) is 31.8 Å². The Kier molecular flexibility index (Phi) is 4.55. The highest BCUT2D eigenvalue weighted by molar-refractivity contribution is 6.35. The molecule has 0 fully saturated rings. The Balaban J connectivity index is 2.19. The van der Waals surface area contributed by atoms with Gasteiger partial charge >= 0.3 is 0 Å². The largest absolute Gasteiger partial charge is 0.370 e. The van der Waals surface area contributed by atoms with E-state index >= 15 is 0 Å². The van der Waals surface area contributed by atoms with Crippen LogP contribution in [0, 0.1) is 0 Å². The predicted molar refractivity (Wildman–Crippen MR) is 81.0 cm³/mol. The monoisotopic (exact) mass is 300 g/mol. The van der Waals surface area contributed by atoms with E-state index in [1.165, 1.54) is 0 Å². The van der Waals surface area contributed by atoms with Crippen molar-refractivity contribution in [3.05, 3.63) is 33.8 Å². The van der Waals surface area contributed by atoms with Crippen molar-refractivity contribution in [3.63, 3.8) is 0 Å². The number of guanidine groups is 1. The molecule has 1 aliphatic heterocycles. The summed E-state index contributed by atoms with van der Waals surface area (Å²) in [6.45, 7) is 2.38. The third-order valence-corrected chi connectivity index (χ3v) is 3.77. The van der Waals surface area contributed by atoms with E-state index in [0.29, 0.717) is 22.5 Å². The zero-order valence-electron chi connectivity index (χ0n) is 11.1. The van der Waals surface area contributed by atoms with Gasteiger partial charge in [0, 0.05) is 23.1 Å². The zero-order chi connectivity index (χ0) is 14.0. The summed E-state index contributed by atoms with van der Waals surface area (Å²) in [4.78, 5) is 8.54. The number of hydrogen-bond acceptors (Lipinski definition) is 4. The van der Waals surface area contributed by atoms with E-state index in [-0.39, 0.29) is 6.04 Å². The molecule has 1 aromatic carbocycles. The first-order chi connectivity index (χ1) is 8.99. The van der Waals surface area contributed by atoms with Crippen LogP contribution in [-0.4, -0.2) is 49.5 Å². The first kappa shape index (κ1) is 14.4. The van der Waals surface area contributed by atoms with E-state index in [2.05, 4.69) is 14.8 Å². The fourth-order valence-corrected chi connectivity index (χ4v) is 2.68. The predicted octanol–water partition coefficient (Wildman–Crippen LogP) is 2.23. The molecule has 1 atom stereocenters. The van der Waals surface area contributed by atoms with Crippen molar-refractivity contribution in [1.82, 2.24) is 9.80 Å². The number of aliphatic imine (C=N–C) groups is 1. The van der Waals surface area contributed by atoms with Gasteiger partial charge in [0.2, 0.25) is 0 Å². The molecule has 1 unspecified atom stereocenters. The second-order valence-corrected chi connectivity index (χ2v) is 5.72. The van der Waals surface area contributed by atoms with Gasteiger partial charge in [0.15, 0.2) is 5.96 Å². The zero-order valence-corrected chi connectivity index (χ0v) is 12.6. The fourth-order valence-electron chi connectivity index (χ4n) is 2.15. The molecule has 6 heteroatoms. The smallest absolute Gasteiger partial charge is 0.191 e. The first-order valence-electron chi connectivity index (χ1n) is 6.15. The highest BCUT2D eigenvalue weighted by atomic mass is 35.5. The Morgan fingerprint density at radius 1 is 1.42 bits per heavy atom. The lowest BCUT2D eigenvalue weighted by Crippen LogP contribution is -2.40. The van der Waals surface area contributed by atoms with Crippen LogP contribution < -0.4 is 5.73 Å². The van der Waals surface area contributed by atoms with Gasteiger partial charge in [-0.1, -0.05) is 29.3 Å². The van der Waals surface area contributed by atoms with Crippen molar-refractivity contribution >= 4 is 29.2 Å². The van der Waals surface area contributed by atoms with Crippen LogP contribution in [0.3, 0.4) is 0 Å². The highest BCUT2D eigenvalue weighted by Gasteiger charge is 2.28. The molecule has 0 spiro atoms. The van der Waals surface area contributed by atoms with Crippen molar-refractivity contribution < 1.29 is 0 Å². The molecular weight excluding hydrogens is 283 g/mol. The third kappa shape index (κ3) is 3.32. The molecule has 1 aliphatic rings. The number of nitrogens with zero attached hydrogens (tertiary/aromatic N) is 3. The molecule has 1 heterocycles. The molecule has 0 saturated carbocycles. The molecule has 0 aromatic heterocycles. The maximum atomic E-state index is 6.27. The SMILES string of the molecule is CN(C)CCN1C(N)=NCC1c1ccc(Cl)cc1Cl. The lowest BCUT2D eigenvalue weighted by atomic mass is 10.1. The van der Waals surface area contributed by atoms with Gasteiger partial charge in [-0.15, -0.1) is 0 Å². The Labute approximate surface area is 123 Å². The van der Waals surface area contributed by atoms with E-state index in [0.717, 1.165) is 18.7 Å². The van der Waals surface area contributed by atoms with Crippen molar-refractivity contribution in [2.75, 3.05) is 33.7 Å². The van der Waals surface area contributed by atoms with Crippen LogP contribution in [0.15, 0.2) is 23.2 Å². The molecular formula is C13H18Cl2N4. The number of halogens is 2. The van der Waals surface area contributed by atoms with Crippen molar-refractivity contribution in [1.29, 1.82) is 0 Å². The number of hydrogen-bond donors (Lipinski definition) is 1. The lowest BCUT2D eigenvalue weighted by Gasteiger charge is -2.28. The van der Waals surface area contributed by atoms with Gasteiger partial charge in [0.25, 0.3) is 0 Å². The molecule has 0 bridgehead atoms. The molecule has 0 radical (unpaired) electrons. The summed E-state index contributed by atoms with van der Waals surface area (Å²) in [6, 6.07) is 5.66. The molecule has 4 nitrogen and oxygen atoms in total. The van der Waals surface area contributed by atoms with Gasteiger partial charge in [-0.25, -0.2) is 0 Å².